The maximum absolute atomic E-state index is 14.9. The summed E-state index contributed by atoms with van der Waals surface area (Å²) in [7, 11) is -8.14. The summed E-state index contributed by atoms with van der Waals surface area (Å²) in [5.41, 5.74) is -4.19. The number of alkyl halides is 17. The van der Waals surface area contributed by atoms with Crippen LogP contribution >= 0.6 is 0 Å². The van der Waals surface area contributed by atoms with Gasteiger partial charge in [0.25, 0.3) is 0 Å². The lowest BCUT2D eigenvalue weighted by atomic mass is 9.93. The molecule has 0 aromatic heterocycles. The Kier molecular flexibility index (Phi) is 8.28. The fourth-order valence-corrected chi connectivity index (χ4v) is 4.44. The highest BCUT2D eigenvalue weighted by Crippen LogP contribution is 2.55. The van der Waals surface area contributed by atoms with Crippen molar-refractivity contribution in [2.75, 3.05) is 0 Å². The highest BCUT2D eigenvalue weighted by molar-refractivity contribution is 7.87. The molecule has 3 rings (SSSR count). The van der Waals surface area contributed by atoms with Crippen molar-refractivity contribution >= 4 is 15.8 Å². The average molecular weight is 691 g/mol. The summed E-state index contributed by atoms with van der Waals surface area (Å²) in [6.45, 7) is 0. The van der Waals surface area contributed by atoms with Gasteiger partial charge in [-0.15, -0.1) is 0 Å². The number of nitrogens with zero attached hydrogens (tertiary/aromatic N) is 1. The summed E-state index contributed by atoms with van der Waals surface area (Å²) in [6, 6.07) is 7.11. The highest BCUT2D eigenvalue weighted by Gasteiger charge is 2.86. The summed E-state index contributed by atoms with van der Waals surface area (Å²) in [5.74, 6) is -37.1. The lowest BCUT2D eigenvalue weighted by Crippen LogP contribution is -2.63. The Labute approximate surface area is 233 Å². The molecule has 4 nitrogen and oxygen atoms in total. The smallest absolute Gasteiger partial charge is 0.263 e. The summed E-state index contributed by atoms with van der Waals surface area (Å²) in [4.78, 5) is 0. The Hall–Kier alpha value is -3.33. The van der Waals surface area contributed by atoms with Crippen molar-refractivity contribution in [1.29, 1.82) is 0 Å². The Morgan fingerprint density at radius 1 is 0.705 bits per heavy atom. The third kappa shape index (κ3) is 5.01. The molecule has 246 valence electrons. The van der Waals surface area contributed by atoms with Crippen LogP contribution in [-0.4, -0.2) is 61.6 Å². The molecule has 22 heteroatoms. The Morgan fingerprint density at radius 2 is 1.23 bits per heavy atom. The fraction of sp³-hybridized carbons (Fsp3) is 0.409. The van der Waals surface area contributed by atoms with Gasteiger partial charge in [-0.2, -0.15) is 74.3 Å². The van der Waals surface area contributed by atoms with E-state index < -0.39 is 68.9 Å². The number of fused-ring (bicyclic) bond motifs is 3. The van der Waals surface area contributed by atoms with Crippen LogP contribution in [0, 0.1) is 0 Å². The Balaban J connectivity index is 2.22. The van der Waals surface area contributed by atoms with Crippen molar-refractivity contribution in [3.8, 4) is 11.1 Å². The molecule has 2 aromatic carbocycles. The third-order valence-corrected chi connectivity index (χ3v) is 7.26. The zero-order chi connectivity index (χ0) is 34.1. The van der Waals surface area contributed by atoms with E-state index in [0.717, 1.165) is 6.07 Å². The van der Waals surface area contributed by atoms with Crippen molar-refractivity contribution in [3.05, 3.63) is 59.2 Å². The topological polar surface area (TPSA) is 55.7 Å². The fourth-order valence-electron chi connectivity index (χ4n) is 3.73. The molecule has 0 bridgehead atoms. The number of halogens is 17. The molecule has 1 aliphatic rings. The number of hydrogen-bond acceptors (Lipinski definition) is 4. The minimum atomic E-state index is -8.14. The second kappa shape index (κ2) is 10.4. The van der Waals surface area contributed by atoms with E-state index in [4.69, 9.17) is 0 Å². The van der Waals surface area contributed by atoms with Gasteiger partial charge in [-0.05, 0) is 34.7 Å². The minimum absolute atomic E-state index is 0.116. The van der Waals surface area contributed by atoms with Gasteiger partial charge in [-0.1, -0.05) is 41.6 Å². The third-order valence-electron chi connectivity index (χ3n) is 6.11. The standard InChI is InChI=1S/C22H10F17NO3S/c23-15(24)17(27,28)18(29,30)16(25,26)14(10-5-6-13-11(8-10)7-9-3-1-2-4-12(9)13)40-43-44(41,42)22(38,39)20(33,34)19(31,32)21(35,36)37/h1-6,8,15H,7H2/b40-14-. The number of rotatable bonds is 10. The van der Waals surface area contributed by atoms with Gasteiger partial charge in [0.1, 0.15) is 0 Å². The molecule has 0 heterocycles. The summed E-state index contributed by atoms with van der Waals surface area (Å²) < 4.78 is 255. The van der Waals surface area contributed by atoms with Crippen LogP contribution in [0.1, 0.15) is 16.7 Å². The molecule has 0 radical (unpaired) electrons. The maximum Gasteiger partial charge on any atom is 0.460 e. The van der Waals surface area contributed by atoms with Crippen LogP contribution in [0.25, 0.3) is 11.1 Å². The van der Waals surface area contributed by atoms with Crippen LogP contribution in [0.2, 0.25) is 0 Å². The van der Waals surface area contributed by atoms with Crippen molar-refractivity contribution in [2.24, 2.45) is 5.16 Å². The van der Waals surface area contributed by atoms with E-state index in [1.54, 1.807) is 5.16 Å². The average Bonchev–Trinajstić information content (AvgIpc) is 3.25. The van der Waals surface area contributed by atoms with E-state index >= 15 is 0 Å². The van der Waals surface area contributed by atoms with Crippen molar-refractivity contribution < 1.29 is 87.3 Å². The molecule has 0 amide bonds. The van der Waals surface area contributed by atoms with E-state index in [0.29, 0.717) is 17.2 Å². The van der Waals surface area contributed by atoms with Crippen LogP contribution < -0.4 is 0 Å². The van der Waals surface area contributed by atoms with Crippen LogP contribution in [0.5, 0.6) is 0 Å². The van der Waals surface area contributed by atoms with Gasteiger partial charge in [0.05, 0.1) is 0 Å². The second-order valence-corrected chi connectivity index (χ2v) is 10.5. The van der Waals surface area contributed by atoms with Gasteiger partial charge in [0.2, 0.25) is 0 Å². The van der Waals surface area contributed by atoms with Crippen molar-refractivity contribution in [2.45, 2.75) is 53.9 Å². The van der Waals surface area contributed by atoms with E-state index in [2.05, 4.69) is 4.28 Å². The molecule has 0 saturated carbocycles. The quantitative estimate of drug-likeness (QED) is 0.124. The lowest BCUT2D eigenvalue weighted by molar-refractivity contribution is -0.382. The molecule has 0 spiro atoms. The highest BCUT2D eigenvalue weighted by atomic mass is 32.2. The molecule has 0 fully saturated rings. The van der Waals surface area contributed by atoms with Gasteiger partial charge >= 0.3 is 57.6 Å². The van der Waals surface area contributed by atoms with Crippen LogP contribution in [0.15, 0.2) is 47.6 Å². The van der Waals surface area contributed by atoms with Crippen LogP contribution in [0.3, 0.4) is 0 Å². The molecule has 44 heavy (non-hydrogen) atoms. The minimum Gasteiger partial charge on any atom is -0.263 e. The second-order valence-electron chi connectivity index (χ2n) is 8.91. The SMILES string of the molecule is O=S(=O)(O/N=C(/c1ccc2c(c1)Cc1ccccc1-2)C(F)(F)C(F)(F)C(F)(F)C(F)F)C(F)(F)C(F)(F)C(F)(F)C(F)(F)F. The van der Waals surface area contributed by atoms with E-state index in [1.807, 2.05) is 0 Å². The Bertz CT molecular complexity index is 1570. The van der Waals surface area contributed by atoms with Crippen LogP contribution in [-0.2, 0) is 20.8 Å². The lowest BCUT2D eigenvalue weighted by Gasteiger charge is -2.33. The summed E-state index contributed by atoms with van der Waals surface area (Å²) in [5, 5.41) is -6.18. The number of benzene rings is 2. The summed E-state index contributed by atoms with van der Waals surface area (Å²) >= 11 is 0. The maximum atomic E-state index is 14.9. The van der Waals surface area contributed by atoms with E-state index in [1.165, 1.54) is 24.3 Å². The molecular weight excluding hydrogens is 681 g/mol. The molecular formula is C22H10F17NO3S. The predicted molar refractivity (Wildman–Crippen MR) is 113 cm³/mol. The first-order chi connectivity index (χ1) is 19.6. The first kappa shape index (κ1) is 35.2. The number of hydrogen-bond donors (Lipinski definition) is 0. The molecule has 0 saturated heterocycles. The van der Waals surface area contributed by atoms with Gasteiger partial charge in [0, 0.05) is 5.56 Å². The predicted octanol–water partition coefficient (Wildman–Crippen LogP) is 7.91. The van der Waals surface area contributed by atoms with E-state index in [9.17, 15) is 83.1 Å². The Morgan fingerprint density at radius 3 is 1.75 bits per heavy atom. The van der Waals surface area contributed by atoms with Gasteiger partial charge < -0.3 is 0 Å². The molecule has 0 unspecified atom stereocenters. The zero-order valence-electron chi connectivity index (χ0n) is 20.3. The monoisotopic (exact) mass is 691 g/mol. The van der Waals surface area contributed by atoms with Crippen LogP contribution in [0.4, 0.5) is 74.6 Å². The van der Waals surface area contributed by atoms with Crippen molar-refractivity contribution in [1.82, 2.24) is 0 Å². The molecule has 0 N–H and O–H groups in total. The van der Waals surface area contributed by atoms with Gasteiger partial charge in [-0.25, -0.2) is 8.78 Å². The summed E-state index contributed by atoms with van der Waals surface area (Å²) in [6.07, 6.45) is -13.4. The van der Waals surface area contributed by atoms with Crippen molar-refractivity contribution in [3.63, 3.8) is 0 Å². The first-order valence-electron chi connectivity index (χ1n) is 10.9. The first-order valence-corrected chi connectivity index (χ1v) is 12.4. The molecule has 2 aromatic rings. The molecule has 0 aliphatic heterocycles. The normalized spacial score (nSPS) is 15.8. The largest absolute Gasteiger partial charge is 0.460 e. The van der Waals surface area contributed by atoms with E-state index in [-0.39, 0.29) is 23.6 Å². The molecule has 0 atom stereocenters. The zero-order valence-corrected chi connectivity index (χ0v) is 21.1. The molecule has 1 aliphatic carbocycles. The van der Waals surface area contributed by atoms with Gasteiger partial charge in [0.15, 0.2) is 5.71 Å². The van der Waals surface area contributed by atoms with Gasteiger partial charge in [-0.3, -0.25) is 4.28 Å². The number of oxime groups is 1.